The Morgan fingerprint density at radius 3 is 2.08 bits per heavy atom. The Balaban J connectivity index is 1.81. The van der Waals surface area contributed by atoms with E-state index < -0.39 is 193 Å². The smallest absolute Gasteiger partial charge is 0.446 e. The highest BCUT2D eigenvalue weighted by atomic mass is 32.3. The second-order valence-electron chi connectivity index (χ2n) is 19.6. The molecule has 13 atom stereocenters. The van der Waals surface area contributed by atoms with E-state index in [-0.39, 0.29) is 25.1 Å². The van der Waals surface area contributed by atoms with Gasteiger partial charge >= 0.3 is 16.5 Å². The minimum absolute atomic E-state index is 0.0962. The summed E-state index contributed by atoms with van der Waals surface area (Å²) >= 11 is 0. The minimum atomic E-state index is -5.22. The fraction of sp³-hybridized carbons (Fsp3) is 0.682. The van der Waals surface area contributed by atoms with E-state index in [1.165, 1.54) is 20.9 Å². The zero-order chi connectivity index (χ0) is 55.0. The summed E-state index contributed by atoms with van der Waals surface area (Å²) < 4.78 is 41.9. The molecule has 0 spiro atoms. The molecule has 1 aromatic carbocycles. The van der Waals surface area contributed by atoms with Gasteiger partial charge in [-0.1, -0.05) is 19.9 Å². The Bertz CT molecular complexity index is 2320. The van der Waals surface area contributed by atoms with E-state index in [0.29, 0.717) is 0 Å². The number of aromatic hydroxyl groups is 1. The molecular weight excluding hydrogens is 993 g/mol. The van der Waals surface area contributed by atoms with Crippen molar-refractivity contribution in [2.75, 3.05) is 39.8 Å². The number of phenolic OH excluding ortho intramolecular Hbond substituents is 1. The number of hydrogen-bond donors (Lipinski definition) is 13. The average molecular weight is 1060 g/mol. The summed E-state index contributed by atoms with van der Waals surface area (Å²) in [6, 6.07) is -6.87. The third kappa shape index (κ3) is 16.5. The maximum absolute atomic E-state index is 14.7. The molecule has 0 radical (unpaired) electrons. The van der Waals surface area contributed by atoms with Gasteiger partial charge in [-0.05, 0) is 51.8 Å². The summed E-state index contributed by atoms with van der Waals surface area (Å²) in [5, 5.41) is 89.1. The molecular formula is C44H68N8O20S. The van der Waals surface area contributed by atoms with Gasteiger partial charge in [-0.25, -0.2) is 4.79 Å². The first kappa shape index (κ1) is 59.6. The SMILES string of the molecule is C[C@H]1C[C@@H](O)CNC(=O)[C@@H]2[C@@H](O)[C@@H](C)CN2C(=O)[C@H]([C@H](O)CC(=O)NCCN(C)C(=O)OC(C)(C)C)NC(=O)[C@H]([C@H](O)Cc2ccc(O)c(OS(=O)(=O)O)c2)NC(=O)[C@@H]2C[C@@H](O)CN2C(=O)[C@H]([C@@H](C)O)NC1=O. The number of hydrogen-bond acceptors (Lipinski definition) is 19. The molecule has 1 aromatic rings. The lowest BCUT2D eigenvalue weighted by Crippen LogP contribution is -2.64. The second kappa shape index (κ2) is 24.9. The number of carbonyl (C=O) groups is 8. The molecule has 0 aliphatic carbocycles. The molecule has 4 rings (SSSR count). The third-order valence-electron chi connectivity index (χ3n) is 12.2. The van der Waals surface area contributed by atoms with Crippen LogP contribution in [-0.4, -0.2) is 223 Å². The van der Waals surface area contributed by atoms with Gasteiger partial charge in [0.05, 0.1) is 43.0 Å². The lowest BCUT2D eigenvalue weighted by molar-refractivity contribution is -0.147. The monoisotopic (exact) mass is 1060 g/mol. The van der Waals surface area contributed by atoms with Crippen molar-refractivity contribution in [3.8, 4) is 11.5 Å². The number of fused-ring (bicyclic) bond motifs is 2. The number of aliphatic hydroxyl groups is 6. The molecule has 73 heavy (non-hydrogen) atoms. The van der Waals surface area contributed by atoms with Crippen molar-refractivity contribution in [2.24, 2.45) is 11.8 Å². The van der Waals surface area contributed by atoms with E-state index in [1.54, 1.807) is 20.8 Å². The van der Waals surface area contributed by atoms with E-state index in [4.69, 9.17) is 4.74 Å². The molecule has 29 heteroatoms. The van der Waals surface area contributed by atoms with Crippen LogP contribution in [0.5, 0.6) is 11.5 Å². The van der Waals surface area contributed by atoms with Crippen molar-refractivity contribution in [3.63, 3.8) is 0 Å². The molecule has 0 unspecified atom stereocenters. The third-order valence-corrected chi connectivity index (χ3v) is 12.6. The highest BCUT2D eigenvalue weighted by molar-refractivity contribution is 7.81. The number of aliphatic hydroxyl groups excluding tert-OH is 6. The molecule has 3 aliphatic rings. The zero-order valence-corrected chi connectivity index (χ0v) is 42.1. The Labute approximate surface area is 420 Å². The van der Waals surface area contributed by atoms with E-state index in [0.717, 1.165) is 39.8 Å². The van der Waals surface area contributed by atoms with E-state index >= 15 is 0 Å². The maximum atomic E-state index is 14.7. The van der Waals surface area contributed by atoms with Gasteiger partial charge in [-0.15, -0.1) is 0 Å². The number of ether oxygens (including phenoxy) is 1. The Hall–Kier alpha value is -5.95. The molecule has 3 heterocycles. The van der Waals surface area contributed by atoms with Crippen LogP contribution in [0.25, 0.3) is 0 Å². The predicted molar refractivity (Wildman–Crippen MR) is 250 cm³/mol. The average Bonchev–Trinajstić information content (AvgIpc) is 3.82. The van der Waals surface area contributed by atoms with Crippen molar-refractivity contribution >= 4 is 57.8 Å². The quantitative estimate of drug-likeness (QED) is 0.0870. The number of nitrogens with zero attached hydrogens (tertiary/aromatic N) is 3. The number of amides is 8. The second-order valence-corrected chi connectivity index (χ2v) is 20.7. The van der Waals surface area contributed by atoms with Crippen LogP contribution in [0.15, 0.2) is 18.2 Å². The van der Waals surface area contributed by atoms with Crippen molar-refractivity contribution in [1.29, 1.82) is 0 Å². The molecule has 3 fully saturated rings. The van der Waals surface area contributed by atoms with E-state index in [9.17, 15) is 87.1 Å². The molecule has 3 aliphatic heterocycles. The molecule has 13 N–H and O–H groups in total. The van der Waals surface area contributed by atoms with Gasteiger partial charge in [-0.2, -0.15) is 8.42 Å². The first-order chi connectivity index (χ1) is 33.8. The Morgan fingerprint density at radius 2 is 1.47 bits per heavy atom. The molecule has 0 saturated carbocycles. The predicted octanol–water partition coefficient (Wildman–Crippen LogP) is -5.27. The fourth-order valence-electron chi connectivity index (χ4n) is 8.37. The first-order valence-electron chi connectivity index (χ1n) is 23.4. The van der Waals surface area contributed by atoms with E-state index in [1.807, 2.05) is 0 Å². The van der Waals surface area contributed by atoms with Crippen LogP contribution in [0.3, 0.4) is 0 Å². The number of nitrogens with one attached hydrogen (secondary N) is 5. The normalized spacial score (nSPS) is 28.5. The topological polar surface area (TPSA) is 421 Å². The summed E-state index contributed by atoms with van der Waals surface area (Å²) in [5.74, 6) is -11.5. The van der Waals surface area contributed by atoms with Gasteiger partial charge < -0.3 is 85.9 Å². The first-order valence-corrected chi connectivity index (χ1v) is 24.7. The van der Waals surface area contributed by atoms with Gasteiger partial charge in [0.2, 0.25) is 41.4 Å². The van der Waals surface area contributed by atoms with E-state index in [2.05, 4.69) is 30.8 Å². The molecule has 8 amide bonds. The molecule has 3 saturated heterocycles. The minimum Gasteiger partial charge on any atom is -0.504 e. The summed E-state index contributed by atoms with van der Waals surface area (Å²) in [6.45, 7) is 7.12. The summed E-state index contributed by atoms with van der Waals surface area (Å²) in [7, 11) is -3.83. The zero-order valence-electron chi connectivity index (χ0n) is 41.3. The summed E-state index contributed by atoms with van der Waals surface area (Å²) in [6.07, 6.45) is -13.7. The molecule has 410 valence electrons. The van der Waals surface area contributed by atoms with Gasteiger partial charge in [0.25, 0.3) is 0 Å². The van der Waals surface area contributed by atoms with Crippen LogP contribution < -0.4 is 30.8 Å². The van der Waals surface area contributed by atoms with Crippen LogP contribution in [0.1, 0.15) is 66.4 Å². The maximum Gasteiger partial charge on any atom is 0.446 e. The highest BCUT2D eigenvalue weighted by Crippen LogP contribution is 2.30. The number of benzene rings is 1. The lowest BCUT2D eigenvalue weighted by Gasteiger charge is -2.34. The summed E-state index contributed by atoms with van der Waals surface area (Å²) in [4.78, 5) is 114. The van der Waals surface area contributed by atoms with Crippen molar-refractivity contribution in [1.82, 2.24) is 41.3 Å². The van der Waals surface area contributed by atoms with Gasteiger partial charge in [0.1, 0.15) is 35.8 Å². The van der Waals surface area contributed by atoms with Crippen LogP contribution >= 0.6 is 0 Å². The van der Waals surface area contributed by atoms with Crippen molar-refractivity contribution in [3.05, 3.63) is 23.8 Å². The lowest BCUT2D eigenvalue weighted by atomic mass is 9.98. The number of rotatable bonds is 12. The number of β-amino-alcohol motifs (C(OH)–C–C–N with tert-alkyl or cyclic N) is 1. The molecule has 0 aromatic heterocycles. The van der Waals surface area contributed by atoms with Crippen LogP contribution in [0.4, 0.5) is 4.79 Å². The Kier molecular flexibility index (Phi) is 20.3. The summed E-state index contributed by atoms with van der Waals surface area (Å²) in [5.41, 5.74) is -0.958. The standard InChI is InChI=1S/C44H68N8O20S/c1-20-12-24(54)17-46-40(64)35-36(60)21(2)18-52(35)42(66)34(29(58)16-31(59)45-10-11-50(7)43(67)71-44(4,5)6)49-39(63)33(28(57)13-23-8-9-27(56)30(14-23)72-73(68,69)70)48-38(62)26-15-25(55)19-51(26)41(65)32(22(3)53)47-37(20)61/h8-9,14,20-22,24-26,28-29,32-36,53-58,60H,10-13,15-19H2,1-7H3,(H,45,59)(H,46,64)(H,47,61)(H,48,62)(H,49,63)(H,68,69,70)/t20-,21-,22+,24+,25+,26-,28+,29+,32-,33-,34-,35-,36-/m0/s1. The molecule has 0 bridgehead atoms. The Morgan fingerprint density at radius 1 is 0.849 bits per heavy atom. The number of likely N-dealkylation sites (N-methyl/N-ethyl adjacent to an activating group) is 1. The van der Waals surface area contributed by atoms with Crippen LogP contribution in [0.2, 0.25) is 0 Å². The van der Waals surface area contributed by atoms with Crippen LogP contribution in [0, 0.1) is 11.8 Å². The largest absolute Gasteiger partial charge is 0.504 e. The highest BCUT2D eigenvalue weighted by Gasteiger charge is 2.50. The number of carbonyl (C=O) groups excluding carboxylic acids is 8. The van der Waals surface area contributed by atoms with Crippen molar-refractivity contribution < 1.29 is 96.0 Å². The van der Waals surface area contributed by atoms with Crippen molar-refractivity contribution in [2.45, 2.75) is 140 Å². The molecule has 28 nitrogen and oxygen atoms in total. The number of phenols is 1. The van der Waals surface area contributed by atoms with Gasteiger partial charge in [0.15, 0.2) is 11.5 Å². The van der Waals surface area contributed by atoms with Crippen LogP contribution in [-0.2, 0) is 55.1 Å². The fourth-order valence-corrected chi connectivity index (χ4v) is 8.73. The van der Waals surface area contributed by atoms with Gasteiger partial charge in [0, 0.05) is 64.4 Å². The van der Waals surface area contributed by atoms with Gasteiger partial charge in [-0.3, -0.25) is 38.1 Å².